The van der Waals surface area contributed by atoms with E-state index in [4.69, 9.17) is 5.73 Å². The number of nitrogens with zero attached hydrogens (tertiary/aromatic N) is 1. The molecule has 0 radical (unpaired) electrons. The molecule has 1 aliphatic carbocycles. The average Bonchev–Trinajstić information content (AvgIpc) is 2.88. The number of hydrogen-bond acceptors (Lipinski definition) is 2. The number of para-hydroxylation sites is 1. The second-order valence-electron chi connectivity index (χ2n) is 6.29. The highest BCUT2D eigenvalue weighted by atomic mass is 19.1. The molecule has 0 bridgehead atoms. The number of benzene rings is 1. The van der Waals surface area contributed by atoms with Crippen LogP contribution in [0.25, 0.3) is 0 Å². The molecule has 1 heterocycles. The largest absolute Gasteiger partial charge is 0.368 e. The number of fused-ring (bicyclic) bond motifs is 1. The van der Waals surface area contributed by atoms with Crippen molar-refractivity contribution in [1.82, 2.24) is 0 Å². The molecule has 0 aromatic heterocycles. The van der Waals surface area contributed by atoms with Crippen LogP contribution in [0.3, 0.4) is 0 Å². The quantitative estimate of drug-likeness (QED) is 0.907. The first-order valence-electron chi connectivity index (χ1n) is 7.43. The lowest BCUT2D eigenvalue weighted by Gasteiger charge is -2.24. The van der Waals surface area contributed by atoms with Crippen LogP contribution in [0.1, 0.15) is 31.7 Å². The molecule has 1 aliphatic heterocycles. The summed E-state index contributed by atoms with van der Waals surface area (Å²) >= 11 is 0. The molecule has 19 heavy (non-hydrogen) atoms. The molecule has 3 atom stereocenters. The fourth-order valence-corrected chi connectivity index (χ4v) is 3.84. The number of hydrogen-bond donors (Lipinski definition) is 1. The van der Waals surface area contributed by atoms with Crippen molar-refractivity contribution in [2.75, 3.05) is 18.0 Å². The monoisotopic (exact) mass is 262 g/mol. The summed E-state index contributed by atoms with van der Waals surface area (Å²) in [5.74, 6) is 1.48. The summed E-state index contributed by atoms with van der Waals surface area (Å²) in [6.45, 7) is 4.03. The summed E-state index contributed by atoms with van der Waals surface area (Å²) in [5.41, 5.74) is 7.77. The molecule has 1 aromatic rings. The van der Waals surface area contributed by atoms with Gasteiger partial charge in [0.05, 0.1) is 5.69 Å². The van der Waals surface area contributed by atoms with Crippen molar-refractivity contribution in [3.05, 3.63) is 29.6 Å². The van der Waals surface area contributed by atoms with E-state index in [2.05, 4.69) is 4.90 Å². The van der Waals surface area contributed by atoms with Crippen LogP contribution in [0.4, 0.5) is 10.1 Å². The van der Waals surface area contributed by atoms with Gasteiger partial charge in [0.15, 0.2) is 0 Å². The summed E-state index contributed by atoms with van der Waals surface area (Å²) in [6, 6.07) is 5.47. The first-order chi connectivity index (χ1) is 9.15. The van der Waals surface area contributed by atoms with E-state index < -0.39 is 0 Å². The van der Waals surface area contributed by atoms with Gasteiger partial charge in [-0.3, -0.25) is 0 Å². The molecule has 0 amide bonds. The molecular weight excluding hydrogens is 239 g/mol. The molecule has 2 aliphatic rings. The van der Waals surface area contributed by atoms with E-state index in [9.17, 15) is 4.39 Å². The van der Waals surface area contributed by atoms with E-state index in [1.54, 1.807) is 12.1 Å². The SMILES string of the molecule is CC(N)Cc1cccc(F)c1N1CC2CCCC2C1. The van der Waals surface area contributed by atoms with Crippen LogP contribution in [-0.2, 0) is 6.42 Å². The van der Waals surface area contributed by atoms with Crippen molar-refractivity contribution >= 4 is 5.69 Å². The van der Waals surface area contributed by atoms with Gasteiger partial charge in [0.2, 0.25) is 0 Å². The third kappa shape index (κ3) is 2.48. The maximum absolute atomic E-state index is 14.2. The van der Waals surface area contributed by atoms with E-state index in [1.807, 2.05) is 13.0 Å². The lowest BCUT2D eigenvalue weighted by molar-refractivity contribution is 0.494. The van der Waals surface area contributed by atoms with Gasteiger partial charge in [-0.25, -0.2) is 4.39 Å². The average molecular weight is 262 g/mol. The predicted octanol–water partition coefficient (Wildman–Crippen LogP) is 2.95. The van der Waals surface area contributed by atoms with Gasteiger partial charge in [0, 0.05) is 19.1 Å². The van der Waals surface area contributed by atoms with Crippen molar-refractivity contribution in [3.63, 3.8) is 0 Å². The number of nitrogens with two attached hydrogens (primary N) is 1. The Labute approximate surface area is 114 Å². The molecule has 2 fully saturated rings. The fraction of sp³-hybridized carbons (Fsp3) is 0.625. The van der Waals surface area contributed by atoms with Crippen molar-refractivity contribution < 1.29 is 4.39 Å². The number of anilines is 1. The summed E-state index contributed by atoms with van der Waals surface area (Å²) in [5, 5.41) is 0. The topological polar surface area (TPSA) is 29.3 Å². The standard InChI is InChI=1S/C16H23FN2/c1-11(18)8-12-4-3-7-15(17)16(12)19-9-13-5-2-6-14(13)10-19/h3-4,7,11,13-14H,2,5-6,8-10,18H2,1H3. The van der Waals surface area contributed by atoms with Gasteiger partial charge in [0.1, 0.15) is 5.82 Å². The van der Waals surface area contributed by atoms with Crippen LogP contribution >= 0.6 is 0 Å². The molecule has 3 rings (SSSR count). The Kier molecular flexibility index (Phi) is 3.48. The zero-order valence-electron chi connectivity index (χ0n) is 11.6. The van der Waals surface area contributed by atoms with Crippen molar-refractivity contribution in [2.45, 2.75) is 38.6 Å². The van der Waals surface area contributed by atoms with Gasteiger partial charge >= 0.3 is 0 Å². The maximum Gasteiger partial charge on any atom is 0.146 e. The van der Waals surface area contributed by atoms with Crippen LogP contribution in [0.5, 0.6) is 0 Å². The predicted molar refractivity (Wildman–Crippen MR) is 76.8 cm³/mol. The van der Waals surface area contributed by atoms with E-state index in [1.165, 1.54) is 19.3 Å². The second kappa shape index (κ2) is 5.12. The highest BCUT2D eigenvalue weighted by Crippen LogP contribution is 2.41. The maximum atomic E-state index is 14.2. The molecule has 1 saturated carbocycles. The Morgan fingerprint density at radius 1 is 1.32 bits per heavy atom. The Morgan fingerprint density at radius 2 is 2.00 bits per heavy atom. The van der Waals surface area contributed by atoms with Gasteiger partial charge in [0.25, 0.3) is 0 Å². The zero-order chi connectivity index (χ0) is 13.4. The van der Waals surface area contributed by atoms with E-state index in [-0.39, 0.29) is 11.9 Å². The third-order valence-corrected chi connectivity index (χ3v) is 4.65. The van der Waals surface area contributed by atoms with Crippen LogP contribution < -0.4 is 10.6 Å². The third-order valence-electron chi connectivity index (χ3n) is 4.65. The molecule has 0 spiro atoms. The number of halogens is 1. The highest BCUT2D eigenvalue weighted by molar-refractivity contribution is 5.56. The first-order valence-corrected chi connectivity index (χ1v) is 7.43. The molecule has 3 unspecified atom stereocenters. The molecule has 2 nitrogen and oxygen atoms in total. The van der Waals surface area contributed by atoms with Crippen molar-refractivity contribution in [1.29, 1.82) is 0 Å². The fourth-order valence-electron chi connectivity index (χ4n) is 3.84. The Balaban J connectivity index is 1.87. The lowest BCUT2D eigenvalue weighted by atomic mass is 10.0. The Hall–Kier alpha value is -1.09. The molecule has 3 heteroatoms. The molecule has 104 valence electrons. The summed E-state index contributed by atoms with van der Waals surface area (Å²) in [6.07, 6.45) is 4.74. The minimum atomic E-state index is -0.0851. The van der Waals surface area contributed by atoms with Crippen molar-refractivity contribution in [3.8, 4) is 0 Å². The van der Waals surface area contributed by atoms with Crippen LogP contribution in [0.2, 0.25) is 0 Å². The highest BCUT2D eigenvalue weighted by Gasteiger charge is 2.37. The lowest BCUT2D eigenvalue weighted by Crippen LogP contribution is -2.25. The van der Waals surface area contributed by atoms with Gasteiger partial charge in [-0.05, 0) is 49.7 Å². The Morgan fingerprint density at radius 3 is 2.63 bits per heavy atom. The first kappa shape index (κ1) is 12.9. The van der Waals surface area contributed by atoms with Gasteiger partial charge < -0.3 is 10.6 Å². The van der Waals surface area contributed by atoms with Crippen LogP contribution in [0.15, 0.2) is 18.2 Å². The normalized spacial score (nSPS) is 27.6. The minimum Gasteiger partial charge on any atom is -0.368 e. The van der Waals surface area contributed by atoms with Gasteiger partial charge in [-0.2, -0.15) is 0 Å². The zero-order valence-corrected chi connectivity index (χ0v) is 11.6. The number of rotatable bonds is 3. The molecular formula is C16H23FN2. The van der Waals surface area contributed by atoms with Gasteiger partial charge in [-0.15, -0.1) is 0 Å². The molecule has 1 saturated heterocycles. The van der Waals surface area contributed by atoms with Crippen LogP contribution in [-0.4, -0.2) is 19.1 Å². The summed E-state index contributed by atoms with van der Waals surface area (Å²) < 4.78 is 14.2. The van der Waals surface area contributed by atoms with Gasteiger partial charge in [-0.1, -0.05) is 18.6 Å². The van der Waals surface area contributed by atoms with Crippen LogP contribution in [0, 0.1) is 17.7 Å². The smallest absolute Gasteiger partial charge is 0.146 e. The van der Waals surface area contributed by atoms with E-state index in [0.29, 0.717) is 0 Å². The van der Waals surface area contributed by atoms with Crippen molar-refractivity contribution in [2.24, 2.45) is 17.6 Å². The molecule has 2 N–H and O–H groups in total. The second-order valence-corrected chi connectivity index (χ2v) is 6.29. The summed E-state index contributed by atoms with van der Waals surface area (Å²) in [4.78, 5) is 2.27. The molecule has 1 aromatic carbocycles. The minimum absolute atomic E-state index is 0.0719. The summed E-state index contributed by atoms with van der Waals surface area (Å²) in [7, 11) is 0. The van der Waals surface area contributed by atoms with E-state index in [0.717, 1.165) is 42.6 Å². The van der Waals surface area contributed by atoms with E-state index >= 15 is 0 Å². The Bertz CT molecular complexity index is 446.